The number of anilines is 1. The Labute approximate surface area is 190 Å². The fraction of sp³-hybridized carbons (Fsp3) is 0.190. The van der Waals surface area contributed by atoms with E-state index in [2.05, 4.69) is 36.0 Å². The topological polar surface area (TPSA) is 73.3 Å². The summed E-state index contributed by atoms with van der Waals surface area (Å²) in [6.07, 6.45) is 1.64. The summed E-state index contributed by atoms with van der Waals surface area (Å²) < 4.78 is 35.7. The molecule has 162 valence electrons. The lowest BCUT2D eigenvalue weighted by atomic mass is 10.1. The molecule has 3 rings (SSSR count). The summed E-state index contributed by atoms with van der Waals surface area (Å²) >= 11 is 4.59. The van der Waals surface area contributed by atoms with E-state index in [1.807, 2.05) is 24.3 Å². The van der Waals surface area contributed by atoms with Crippen LogP contribution < -0.4 is 14.8 Å². The van der Waals surface area contributed by atoms with Gasteiger partial charge in [-0.1, -0.05) is 39.8 Å². The second kappa shape index (κ2) is 11.1. The van der Waals surface area contributed by atoms with Crippen LogP contribution in [0.5, 0.6) is 11.5 Å². The third-order valence-corrected chi connectivity index (χ3v) is 5.24. The molecule has 0 saturated carbocycles. The standard InChI is InChI=1S/C21H18BrF2N3O3S/c1-2-29-18-11-15(7-8-17(18)30-20(23)24)26-19(28)12-31-21-25-10-9-16(27-21)13-3-5-14(22)6-4-13/h3-11,20H,2,12H2,1H3,(H,26,28). The first-order valence-electron chi connectivity index (χ1n) is 9.18. The van der Waals surface area contributed by atoms with Gasteiger partial charge in [0, 0.05) is 28.0 Å². The fourth-order valence-electron chi connectivity index (χ4n) is 2.57. The molecule has 1 heterocycles. The third-order valence-electron chi connectivity index (χ3n) is 3.85. The Morgan fingerprint density at radius 3 is 2.65 bits per heavy atom. The number of carbonyl (C=O) groups is 1. The van der Waals surface area contributed by atoms with Gasteiger partial charge >= 0.3 is 6.61 Å². The van der Waals surface area contributed by atoms with E-state index in [4.69, 9.17) is 4.74 Å². The highest BCUT2D eigenvalue weighted by Gasteiger charge is 2.13. The number of nitrogens with zero attached hydrogens (tertiary/aromatic N) is 2. The molecule has 0 aliphatic rings. The molecule has 0 saturated heterocycles. The highest BCUT2D eigenvalue weighted by Crippen LogP contribution is 2.32. The van der Waals surface area contributed by atoms with Crippen LogP contribution in [0.4, 0.5) is 14.5 Å². The molecular weight excluding hydrogens is 492 g/mol. The number of amides is 1. The molecule has 1 aromatic heterocycles. The minimum atomic E-state index is -2.97. The predicted molar refractivity (Wildman–Crippen MR) is 119 cm³/mol. The number of benzene rings is 2. The summed E-state index contributed by atoms with van der Waals surface area (Å²) in [6.45, 7) is -0.987. The third kappa shape index (κ3) is 6.90. The first kappa shape index (κ1) is 23.0. The summed E-state index contributed by atoms with van der Waals surface area (Å²) in [6, 6.07) is 13.7. The number of nitrogens with one attached hydrogen (secondary N) is 1. The number of rotatable bonds is 9. The number of hydrogen-bond acceptors (Lipinski definition) is 6. The Morgan fingerprint density at radius 2 is 1.94 bits per heavy atom. The van der Waals surface area contributed by atoms with E-state index in [1.54, 1.807) is 19.2 Å². The molecule has 0 aliphatic carbocycles. The van der Waals surface area contributed by atoms with Crippen LogP contribution in [-0.4, -0.2) is 34.8 Å². The number of thioether (sulfide) groups is 1. The summed E-state index contributed by atoms with van der Waals surface area (Å²) in [7, 11) is 0. The second-order valence-electron chi connectivity index (χ2n) is 6.04. The van der Waals surface area contributed by atoms with E-state index in [0.29, 0.717) is 10.8 Å². The molecule has 0 unspecified atom stereocenters. The van der Waals surface area contributed by atoms with Gasteiger partial charge in [0.25, 0.3) is 0 Å². The zero-order chi connectivity index (χ0) is 22.2. The molecule has 0 aliphatic heterocycles. The zero-order valence-corrected chi connectivity index (χ0v) is 18.8. The van der Waals surface area contributed by atoms with Crippen LogP contribution in [0.15, 0.2) is 64.4 Å². The highest BCUT2D eigenvalue weighted by atomic mass is 79.9. The van der Waals surface area contributed by atoms with Crippen LogP contribution in [0.25, 0.3) is 11.3 Å². The first-order chi connectivity index (χ1) is 14.9. The van der Waals surface area contributed by atoms with Crippen LogP contribution in [0.1, 0.15) is 6.92 Å². The average Bonchev–Trinajstić information content (AvgIpc) is 2.75. The SMILES string of the molecule is CCOc1cc(NC(=O)CSc2nccc(-c3ccc(Br)cc3)n2)ccc1OC(F)F. The summed E-state index contributed by atoms with van der Waals surface area (Å²) in [5, 5.41) is 3.16. The van der Waals surface area contributed by atoms with Crippen molar-refractivity contribution in [2.24, 2.45) is 0 Å². The van der Waals surface area contributed by atoms with Crippen LogP contribution in [0.2, 0.25) is 0 Å². The minimum Gasteiger partial charge on any atom is -0.490 e. The largest absolute Gasteiger partial charge is 0.490 e. The van der Waals surface area contributed by atoms with E-state index in [9.17, 15) is 13.6 Å². The Hall–Kier alpha value is -2.72. The normalized spacial score (nSPS) is 10.7. The fourth-order valence-corrected chi connectivity index (χ4v) is 3.46. The molecule has 10 heteroatoms. The van der Waals surface area contributed by atoms with Gasteiger partial charge in [-0.3, -0.25) is 4.79 Å². The van der Waals surface area contributed by atoms with Crippen molar-refractivity contribution in [2.45, 2.75) is 18.7 Å². The van der Waals surface area contributed by atoms with Crippen molar-refractivity contribution in [3.8, 4) is 22.8 Å². The monoisotopic (exact) mass is 509 g/mol. The molecule has 3 aromatic rings. The van der Waals surface area contributed by atoms with Crippen molar-refractivity contribution in [1.29, 1.82) is 0 Å². The lowest BCUT2D eigenvalue weighted by Crippen LogP contribution is -2.14. The van der Waals surface area contributed by atoms with E-state index in [-0.39, 0.29) is 29.8 Å². The van der Waals surface area contributed by atoms with Crippen LogP contribution in [0, 0.1) is 0 Å². The van der Waals surface area contributed by atoms with Crippen LogP contribution in [-0.2, 0) is 4.79 Å². The number of aromatic nitrogens is 2. The van der Waals surface area contributed by atoms with Crippen molar-refractivity contribution in [2.75, 3.05) is 17.7 Å². The first-order valence-corrected chi connectivity index (χ1v) is 11.0. The van der Waals surface area contributed by atoms with Crippen molar-refractivity contribution >= 4 is 39.3 Å². The minimum absolute atomic E-state index is 0.0725. The number of carbonyl (C=O) groups excluding carboxylic acids is 1. The van der Waals surface area contributed by atoms with Crippen LogP contribution >= 0.6 is 27.7 Å². The molecule has 0 spiro atoms. The number of alkyl halides is 2. The van der Waals surface area contributed by atoms with E-state index in [0.717, 1.165) is 15.7 Å². The Balaban J connectivity index is 1.62. The van der Waals surface area contributed by atoms with Gasteiger partial charge in [-0.15, -0.1) is 0 Å². The molecular formula is C21H18BrF2N3O3S. The van der Waals surface area contributed by atoms with E-state index < -0.39 is 6.61 Å². The number of hydrogen-bond donors (Lipinski definition) is 1. The molecule has 2 aromatic carbocycles. The van der Waals surface area contributed by atoms with Crippen molar-refractivity contribution in [1.82, 2.24) is 9.97 Å². The van der Waals surface area contributed by atoms with Gasteiger partial charge in [0.05, 0.1) is 18.1 Å². The van der Waals surface area contributed by atoms with Crippen molar-refractivity contribution in [3.63, 3.8) is 0 Å². The van der Waals surface area contributed by atoms with Gasteiger partial charge < -0.3 is 14.8 Å². The number of ether oxygens (including phenoxy) is 2. The van der Waals surface area contributed by atoms with Gasteiger partial charge in [0.2, 0.25) is 5.91 Å². The molecule has 0 radical (unpaired) electrons. The summed E-state index contributed by atoms with van der Waals surface area (Å²) in [5.74, 6) is -0.197. The molecule has 31 heavy (non-hydrogen) atoms. The van der Waals surface area contributed by atoms with E-state index >= 15 is 0 Å². The maximum atomic E-state index is 12.5. The second-order valence-corrected chi connectivity index (χ2v) is 7.90. The number of halogens is 3. The molecule has 1 amide bonds. The average molecular weight is 510 g/mol. The summed E-state index contributed by atoms with van der Waals surface area (Å²) in [4.78, 5) is 21.0. The van der Waals surface area contributed by atoms with Gasteiger partial charge in [-0.2, -0.15) is 8.78 Å². The Kier molecular flexibility index (Phi) is 8.19. The molecule has 6 nitrogen and oxygen atoms in total. The maximum Gasteiger partial charge on any atom is 0.387 e. The zero-order valence-electron chi connectivity index (χ0n) is 16.3. The van der Waals surface area contributed by atoms with Gasteiger partial charge in [-0.05, 0) is 37.3 Å². The van der Waals surface area contributed by atoms with Gasteiger partial charge in [-0.25, -0.2) is 9.97 Å². The molecule has 1 N–H and O–H groups in total. The maximum absolute atomic E-state index is 12.5. The quantitative estimate of drug-likeness (QED) is 0.297. The van der Waals surface area contributed by atoms with Gasteiger partial charge in [0.1, 0.15) is 0 Å². The molecule has 0 fully saturated rings. The summed E-state index contributed by atoms with van der Waals surface area (Å²) in [5.41, 5.74) is 2.09. The van der Waals surface area contributed by atoms with Gasteiger partial charge in [0.15, 0.2) is 16.7 Å². The molecule has 0 bridgehead atoms. The highest BCUT2D eigenvalue weighted by molar-refractivity contribution is 9.10. The van der Waals surface area contributed by atoms with Crippen molar-refractivity contribution in [3.05, 3.63) is 59.2 Å². The molecule has 0 atom stereocenters. The van der Waals surface area contributed by atoms with Crippen LogP contribution in [0.3, 0.4) is 0 Å². The van der Waals surface area contributed by atoms with Crippen molar-refractivity contribution < 1.29 is 23.0 Å². The lowest BCUT2D eigenvalue weighted by molar-refractivity contribution is -0.113. The lowest BCUT2D eigenvalue weighted by Gasteiger charge is -2.13. The predicted octanol–water partition coefficient (Wildman–Crippen LogP) is 5.64. The van der Waals surface area contributed by atoms with E-state index in [1.165, 1.54) is 30.0 Å². The smallest absolute Gasteiger partial charge is 0.387 e. The Morgan fingerprint density at radius 1 is 1.16 bits per heavy atom. The Bertz CT molecular complexity index is 1040.